The van der Waals surface area contributed by atoms with Crippen molar-refractivity contribution in [1.29, 1.82) is 0 Å². The van der Waals surface area contributed by atoms with Gasteiger partial charge in [-0.05, 0) is 41.8 Å². The third-order valence-corrected chi connectivity index (χ3v) is 7.37. The number of carbonyl (C=O) groups excluding carboxylic acids is 1. The van der Waals surface area contributed by atoms with Gasteiger partial charge in [-0.15, -0.1) is 11.8 Å². The fourth-order valence-electron chi connectivity index (χ4n) is 4.55. The smallest absolute Gasteiger partial charge is 0.251 e. The molecule has 0 unspecified atom stereocenters. The number of nitrogens with zero attached hydrogens (tertiary/aromatic N) is 3. The lowest BCUT2D eigenvalue weighted by Gasteiger charge is -2.18. The number of pyridine rings is 2. The number of likely N-dealkylation sites (tertiary alicyclic amines) is 1. The van der Waals surface area contributed by atoms with Crippen LogP contribution in [0.5, 0.6) is 0 Å². The molecule has 0 radical (unpaired) electrons. The first-order valence-electron chi connectivity index (χ1n) is 11.3. The van der Waals surface area contributed by atoms with Crippen molar-refractivity contribution in [2.24, 2.45) is 5.92 Å². The normalized spacial score (nSPS) is 20.5. The van der Waals surface area contributed by atoms with Gasteiger partial charge in [0.15, 0.2) is 0 Å². The van der Waals surface area contributed by atoms with Crippen LogP contribution in [0.1, 0.15) is 5.69 Å². The van der Waals surface area contributed by atoms with E-state index in [1.54, 1.807) is 16.7 Å². The average molecular weight is 484 g/mol. The number of hydrogen-bond acceptors (Lipinski definition) is 7. The Morgan fingerprint density at radius 2 is 2.00 bits per heavy atom. The summed E-state index contributed by atoms with van der Waals surface area (Å²) < 4.78 is 15.3. The molecule has 34 heavy (non-hydrogen) atoms. The van der Waals surface area contributed by atoms with E-state index in [9.17, 15) is 19.1 Å². The minimum atomic E-state index is -0.471. The van der Waals surface area contributed by atoms with Gasteiger partial charge in [-0.25, -0.2) is 9.37 Å². The monoisotopic (exact) mass is 483 g/mol. The van der Waals surface area contributed by atoms with Gasteiger partial charge in [0.2, 0.25) is 5.91 Å². The number of thioether (sulfide) groups is 1. The zero-order valence-corrected chi connectivity index (χ0v) is 19.4. The lowest BCUT2D eigenvalue weighted by atomic mass is 10.1. The third kappa shape index (κ3) is 5.00. The SMILES string of the molecule is O=C1CSc2ccc(CNC[C@@H]3CN(CCn4c(=O)ccc5ccc(F)cc54)C[C@@H]3O)nc2N1. The van der Waals surface area contributed by atoms with Crippen molar-refractivity contribution in [3.05, 3.63) is 64.3 Å². The van der Waals surface area contributed by atoms with Crippen LogP contribution in [0.3, 0.4) is 0 Å². The molecule has 2 atom stereocenters. The van der Waals surface area contributed by atoms with Crippen LogP contribution >= 0.6 is 11.8 Å². The van der Waals surface area contributed by atoms with Crippen LogP contribution in [0.4, 0.5) is 10.2 Å². The van der Waals surface area contributed by atoms with Gasteiger partial charge in [0.25, 0.3) is 5.56 Å². The minimum absolute atomic E-state index is 0.0415. The van der Waals surface area contributed by atoms with E-state index >= 15 is 0 Å². The lowest BCUT2D eigenvalue weighted by molar-refractivity contribution is -0.113. The van der Waals surface area contributed by atoms with Gasteiger partial charge in [0, 0.05) is 51.3 Å². The molecule has 3 N–H and O–H groups in total. The van der Waals surface area contributed by atoms with Crippen molar-refractivity contribution in [2.45, 2.75) is 24.1 Å². The molecule has 2 aliphatic heterocycles. The molecular formula is C24H26FN5O3S. The predicted octanol–water partition coefficient (Wildman–Crippen LogP) is 1.66. The molecule has 0 spiro atoms. The summed E-state index contributed by atoms with van der Waals surface area (Å²) in [5.41, 5.74) is 1.24. The van der Waals surface area contributed by atoms with Gasteiger partial charge in [-0.2, -0.15) is 0 Å². The third-order valence-electron chi connectivity index (χ3n) is 6.32. The van der Waals surface area contributed by atoms with E-state index < -0.39 is 6.10 Å². The van der Waals surface area contributed by atoms with Gasteiger partial charge in [0.05, 0.1) is 28.0 Å². The van der Waals surface area contributed by atoms with E-state index in [1.807, 2.05) is 12.1 Å². The summed E-state index contributed by atoms with van der Waals surface area (Å²) in [6.07, 6.45) is -0.471. The zero-order valence-electron chi connectivity index (χ0n) is 18.5. The minimum Gasteiger partial charge on any atom is -0.391 e. The number of fused-ring (bicyclic) bond motifs is 2. The van der Waals surface area contributed by atoms with Gasteiger partial charge in [0.1, 0.15) is 11.6 Å². The Bertz CT molecular complexity index is 1280. The van der Waals surface area contributed by atoms with Crippen molar-refractivity contribution in [1.82, 2.24) is 19.8 Å². The number of anilines is 1. The van der Waals surface area contributed by atoms with Crippen molar-refractivity contribution < 1.29 is 14.3 Å². The highest BCUT2D eigenvalue weighted by molar-refractivity contribution is 8.00. The Morgan fingerprint density at radius 3 is 2.88 bits per heavy atom. The van der Waals surface area contributed by atoms with Gasteiger partial charge < -0.3 is 20.3 Å². The number of nitrogens with one attached hydrogen (secondary N) is 2. The second kappa shape index (κ2) is 9.83. The Hall–Kier alpha value is -2.79. The summed E-state index contributed by atoms with van der Waals surface area (Å²) in [7, 11) is 0. The standard InChI is InChI=1S/C24H26FN5O3S/c25-17-3-1-15-2-6-23(33)30(19(15)9-17)8-7-29-12-16(20(31)13-29)10-26-11-18-4-5-21-24(27-18)28-22(32)14-34-21/h1-6,9,16,20,26,31H,7-8,10-14H2,(H,27,28,32)/t16-,20+/m1/s1. The number of aromatic nitrogens is 2. The molecule has 3 aromatic rings. The topological polar surface area (TPSA) is 99.5 Å². The molecule has 1 amide bonds. The summed E-state index contributed by atoms with van der Waals surface area (Å²) in [6.45, 7) is 3.40. The van der Waals surface area contributed by atoms with Gasteiger partial charge in [-0.3, -0.25) is 14.5 Å². The van der Waals surface area contributed by atoms with Crippen molar-refractivity contribution in [2.75, 3.05) is 37.2 Å². The van der Waals surface area contributed by atoms with Crippen LogP contribution in [-0.4, -0.2) is 63.5 Å². The first-order valence-corrected chi connectivity index (χ1v) is 12.3. The summed E-state index contributed by atoms with van der Waals surface area (Å²) in [5.74, 6) is 0.657. The van der Waals surface area contributed by atoms with Crippen LogP contribution in [0.25, 0.3) is 10.9 Å². The molecule has 10 heteroatoms. The second-order valence-corrected chi connectivity index (χ2v) is 9.75. The maximum atomic E-state index is 13.7. The Labute approximate surface area is 200 Å². The fourth-order valence-corrected chi connectivity index (χ4v) is 5.30. The molecule has 2 aliphatic rings. The van der Waals surface area contributed by atoms with Gasteiger partial charge in [-0.1, -0.05) is 0 Å². The molecule has 8 nitrogen and oxygen atoms in total. The van der Waals surface area contributed by atoms with Crippen LogP contribution < -0.4 is 16.2 Å². The summed E-state index contributed by atoms with van der Waals surface area (Å²) >= 11 is 1.48. The molecule has 1 saturated heterocycles. The van der Waals surface area contributed by atoms with Gasteiger partial charge >= 0.3 is 0 Å². The van der Waals surface area contributed by atoms with Crippen molar-refractivity contribution >= 4 is 34.4 Å². The number of hydrogen-bond donors (Lipinski definition) is 3. The largest absolute Gasteiger partial charge is 0.391 e. The average Bonchev–Trinajstić information content (AvgIpc) is 3.17. The number of amides is 1. The quantitative estimate of drug-likeness (QED) is 0.470. The van der Waals surface area contributed by atoms with Crippen LogP contribution in [0.15, 0.2) is 52.2 Å². The zero-order chi connectivity index (χ0) is 23.7. The summed E-state index contributed by atoms with van der Waals surface area (Å²) in [5, 5.41) is 17.5. The van der Waals surface area contributed by atoms with Crippen molar-refractivity contribution in [3.63, 3.8) is 0 Å². The molecule has 0 aliphatic carbocycles. The number of rotatable bonds is 7. The molecule has 178 valence electrons. The molecule has 4 heterocycles. The Balaban J connectivity index is 1.15. The number of aliphatic hydroxyl groups excluding tert-OH is 1. The highest BCUT2D eigenvalue weighted by atomic mass is 32.2. The number of aliphatic hydroxyl groups is 1. The fraction of sp³-hybridized carbons (Fsp3) is 0.375. The molecule has 2 aromatic heterocycles. The highest BCUT2D eigenvalue weighted by Crippen LogP contribution is 2.29. The van der Waals surface area contributed by atoms with E-state index in [1.165, 1.54) is 30.0 Å². The first kappa shape index (κ1) is 23.0. The molecule has 1 fully saturated rings. The molecule has 0 saturated carbocycles. The number of halogens is 1. The number of carbonyl (C=O) groups is 1. The van der Waals surface area contributed by atoms with E-state index in [4.69, 9.17) is 0 Å². The van der Waals surface area contributed by atoms with E-state index in [-0.39, 0.29) is 23.2 Å². The Kier molecular flexibility index (Phi) is 6.64. The lowest BCUT2D eigenvalue weighted by Crippen LogP contribution is -2.31. The van der Waals surface area contributed by atoms with E-state index in [0.29, 0.717) is 56.4 Å². The summed E-state index contributed by atoms with van der Waals surface area (Å²) in [4.78, 5) is 31.6. The molecular weight excluding hydrogens is 457 g/mol. The maximum absolute atomic E-state index is 13.7. The van der Waals surface area contributed by atoms with E-state index in [0.717, 1.165) is 16.0 Å². The first-order chi connectivity index (χ1) is 16.5. The molecule has 5 rings (SSSR count). The van der Waals surface area contributed by atoms with Crippen LogP contribution in [0, 0.1) is 11.7 Å². The highest BCUT2D eigenvalue weighted by Gasteiger charge is 2.30. The Morgan fingerprint density at radius 1 is 1.15 bits per heavy atom. The van der Waals surface area contributed by atoms with Crippen LogP contribution in [-0.2, 0) is 17.9 Å². The van der Waals surface area contributed by atoms with Crippen molar-refractivity contribution in [3.8, 4) is 0 Å². The molecule has 1 aromatic carbocycles. The predicted molar refractivity (Wildman–Crippen MR) is 129 cm³/mol. The number of benzene rings is 1. The summed E-state index contributed by atoms with van der Waals surface area (Å²) in [6, 6.07) is 11.6. The molecule has 0 bridgehead atoms. The maximum Gasteiger partial charge on any atom is 0.251 e. The van der Waals surface area contributed by atoms with Crippen LogP contribution in [0.2, 0.25) is 0 Å². The van der Waals surface area contributed by atoms with E-state index in [2.05, 4.69) is 20.5 Å². The number of β-amino-alcohol motifs (C(OH)–C–C–N with tert-alkyl or cyclic N) is 1. The second-order valence-electron chi connectivity index (χ2n) is 8.73.